The van der Waals surface area contributed by atoms with Gasteiger partial charge in [0.25, 0.3) is 11.6 Å². The number of hydrogen-bond acceptors (Lipinski definition) is 4. The number of para-hydroxylation sites is 1. The van der Waals surface area contributed by atoms with Crippen molar-refractivity contribution in [2.24, 2.45) is 0 Å². The van der Waals surface area contributed by atoms with E-state index in [1.807, 2.05) is 4.90 Å². The predicted octanol–water partition coefficient (Wildman–Crippen LogP) is 3.01. The Morgan fingerprint density at radius 3 is 2.35 bits per heavy atom. The number of nitrogens with one attached hydrogen (secondary N) is 1. The van der Waals surface area contributed by atoms with Crippen LogP contribution in [0.1, 0.15) is 28.8 Å². The molecule has 7 nitrogen and oxygen atoms in total. The lowest BCUT2D eigenvalue weighted by atomic mass is 10.1. The third kappa shape index (κ3) is 4.05. The maximum atomic E-state index is 12.3. The summed E-state index contributed by atoms with van der Waals surface area (Å²) in [5, 5.41) is 13.7. The number of nitro groups is 1. The lowest BCUT2D eigenvalue weighted by Gasteiger charge is -2.15. The van der Waals surface area contributed by atoms with Gasteiger partial charge in [-0.15, -0.1) is 0 Å². The van der Waals surface area contributed by atoms with Crippen LogP contribution < -0.4 is 5.32 Å². The second-order valence-corrected chi connectivity index (χ2v) is 6.19. The monoisotopic (exact) mass is 353 g/mol. The van der Waals surface area contributed by atoms with Crippen LogP contribution >= 0.6 is 0 Å². The van der Waals surface area contributed by atoms with Crippen molar-refractivity contribution in [1.82, 2.24) is 4.90 Å². The first kappa shape index (κ1) is 17.6. The van der Waals surface area contributed by atoms with Crippen molar-refractivity contribution in [1.29, 1.82) is 0 Å². The zero-order chi connectivity index (χ0) is 18.5. The van der Waals surface area contributed by atoms with Crippen LogP contribution in [0.25, 0.3) is 0 Å². The molecule has 0 aromatic heterocycles. The van der Waals surface area contributed by atoms with E-state index < -0.39 is 4.92 Å². The maximum absolute atomic E-state index is 12.3. The Balaban J connectivity index is 1.63. The van der Waals surface area contributed by atoms with Crippen molar-refractivity contribution in [3.63, 3.8) is 0 Å². The van der Waals surface area contributed by atoms with E-state index in [4.69, 9.17) is 0 Å². The molecule has 0 saturated carbocycles. The zero-order valence-electron chi connectivity index (χ0n) is 14.2. The number of likely N-dealkylation sites (tertiary alicyclic amines) is 1. The number of nitrogens with zero attached hydrogens (tertiary/aromatic N) is 2. The first-order valence-electron chi connectivity index (χ1n) is 8.46. The highest BCUT2D eigenvalue weighted by atomic mass is 16.6. The summed E-state index contributed by atoms with van der Waals surface area (Å²) in [6, 6.07) is 12.9. The predicted molar refractivity (Wildman–Crippen MR) is 97.0 cm³/mol. The SMILES string of the molecule is O=C(Cc1ccccc1[N+](=O)[O-])Nc1ccc(C(=O)N2CCCC2)cc1. The molecule has 26 heavy (non-hydrogen) atoms. The molecular formula is C19H19N3O4. The number of amides is 2. The van der Waals surface area contributed by atoms with Crippen LogP contribution in [0.2, 0.25) is 0 Å². The Labute approximate surface area is 150 Å². The van der Waals surface area contributed by atoms with Gasteiger partial charge in [-0.1, -0.05) is 18.2 Å². The third-order valence-electron chi connectivity index (χ3n) is 4.35. The summed E-state index contributed by atoms with van der Waals surface area (Å²) in [6.07, 6.45) is 1.97. The topological polar surface area (TPSA) is 92.5 Å². The number of anilines is 1. The first-order valence-corrected chi connectivity index (χ1v) is 8.46. The van der Waals surface area contributed by atoms with Gasteiger partial charge in [0.1, 0.15) is 0 Å². The number of benzene rings is 2. The van der Waals surface area contributed by atoms with Crippen molar-refractivity contribution in [3.05, 3.63) is 69.8 Å². The second-order valence-electron chi connectivity index (χ2n) is 6.19. The lowest BCUT2D eigenvalue weighted by molar-refractivity contribution is -0.385. The summed E-state index contributed by atoms with van der Waals surface area (Å²) in [6.45, 7) is 1.57. The van der Waals surface area contributed by atoms with Gasteiger partial charge in [-0.05, 0) is 37.1 Å². The fraction of sp³-hybridized carbons (Fsp3) is 0.263. The molecule has 2 aromatic carbocycles. The number of rotatable bonds is 5. The Morgan fingerprint density at radius 1 is 1.04 bits per heavy atom. The molecule has 0 aliphatic carbocycles. The molecule has 134 valence electrons. The normalized spacial score (nSPS) is 13.5. The number of nitro benzene ring substituents is 1. The molecule has 2 amide bonds. The van der Waals surface area contributed by atoms with Crippen molar-refractivity contribution in [2.75, 3.05) is 18.4 Å². The van der Waals surface area contributed by atoms with E-state index in [2.05, 4.69) is 5.32 Å². The van der Waals surface area contributed by atoms with E-state index >= 15 is 0 Å². The molecule has 1 aliphatic rings. The largest absolute Gasteiger partial charge is 0.339 e. The summed E-state index contributed by atoms with van der Waals surface area (Å²) >= 11 is 0. The highest BCUT2D eigenvalue weighted by molar-refractivity contribution is 5.96. The van der Waals surface area contributed by atoms with E-state index in [-0.39, 0.29) is 23.9 Å². The summed E-state index contributed by atoms with van der Waals surface area (Å²) in [5.74, 6) is -0.349. The standard InChI is InChI=1S/C19H19N3O4/c23-18(13-15-5-1-2-6-17(15)22(25)26)20-16-9-7-14(8-10-16)19(24)21-11-3-4-12-21/h1-2,5-10H,3-4,11-13H2,(H,20,23). The zero-order valence-corrected chi connectivity index (χ0v) is 14.2. The van der Waals surface area contributed by atoms with Crippen LogP contribution in [0.4, 0.5) is 11.4 Å². The minimum atomic E-state index is -0.499. The molecule has 0 atom stereocenters. The van der Waals surface area contributed by atoms with Crippen LogP contribution in [0.3, 0.4) is 0 Å². The van der Waals surface area contributed by atoms with Crippen LogP contribution in [-0.4, -0.2) is 34.7 Å². The molecule has 1 heterocycles. The molecule has 1 aliphatic heterocycles. The van der Waals surface area contributed by atoms with Gasteiger partial charge in [-0.2, -0.15) is 0 Å². The summed E-state index contributed by atoms with van der Waals surface area (Å²) in [7, 11) is 0. The van der Waals surface area contributed by atoms with Gasteiger partial charge in [0, 0.05) is 36.0 Å². The molecule has 7 heteroatoms. The molecule has 1 N–H and O–H groups in total. The van der Waals surface area contributed by atoms with E-state index in [1.165, 1.54) is 6.07 Å². The van der Waals surface area contributed by atoms with Gasteiger partial charge >= 0.3 is 0 Å². The minimum absolute atomic E-state index is 0.000266. The molecule has 0 radical (unpaired) electrons. The molecule has 1 fully saturated rings. The van der Waals surface area contributed by atoms with E-state index in [0.717, 1.165) is 25.9 Å². The molecule has 0 spiro atoms. The van der Waals surface area contributed by atoms with Crippen molar-refractivity contribution in [3.8, 4) is 0 Å². The quantitative estimate of drug-likeness (QED) is 0.660. The Hall–Kier alpha value is -3.22. The van der Waals surface area contributed by atoms with Gasteiger partial charge in [0.2, 0.25) is 5.91 Å². The van der Waals surface area contributed by atoms with Gasteiger partial charge in [0.05, 0.1) is 11.3 Å². The summed E-state index contributed by atoms with van der Waals surface area (Å²) in [4.78, 5) is 36.8. The molecule has 1 saturated heterocycles. The summed E-state index contributed by atoms with van der Waals surface area (Å²) in [5.41, 5.74) is 1.42. The van der Waals surface area contributed by atoms with Gasteiger partial charge in [-0.25, -0.2) is 0 Å². The van der Waals surface area contributed by atoms with Crippen LogP contribution in [0, 0.1) is 10.1 Å². The molecular weight excluding hydrogens is 334 g/mol. The van der Waals surface area contributed by atoms with Gasteiger partial charge in [0.15, 0.2) is 0 Å². The number of carbonyl (C=O) groups is 2. The fourth-order valence-corrected chi connectivity index (χ4v) is 3.02. The molecule has 3 rings (SSSR count). The molecule has 0 unspecified atom stereocenters. The minimum Gasteiger partial charge on any atom is -0.339 e. The van der Waals surface area contributed by atoms with E-state index in [9.17, 15) is 19.7 Å². The third-order valence-corrected chi connectivity index (χ3v) is 4.35. The molecule has 2 aromatic rings. The van der Waals surface area contributed by atoms with Crippen molar-refractivity contribution < 1.29 is 14.5 Å². The average Bonchev–Trinajstić information content (AvgIpc) is 3.16. The Bertz CT molecular complexity index is 827. The number of carbonyl (C=O) groups excluding carboxylic acids is 2. The molecule has 0 bridgehead atoms. The highest BCUT2D eigenvalue weighted by Crippen LogP contribution is 2.19. The summed E-state index contributed by atoms with van der Waals surface area (Å²) < 4.78 is 0. The van der Waals surface area contributed by atoms with E-state index in [1.54, 1.807) is 42.5 Å². The van der Waals surface area contributed by atoms with Crippen LogP contribution in [0.5, 0.6) is 0 Å². The van der Waals surface area contributed by atoms with Crippen molar-refractivity contribution >= 4 is 23.2 Å². The second kappa shape index (κ2) is 7.77. The van der Waals surface area contributed by atoms with Gasteiger partial charge in [-0.3, -0.25) is 19.7 Å². The smallest absolute Gasteiger partial charge is 0.273 e. The first-order chi connectivity index (χ1) is 12.5. The van der Waals surface area contributed by atoms with Crippen LogP contribution in [-0.2, 0) is 11.2 Å². The highest BCUT2D eigenvalue weighted by Gasteiger charge is 2.19. The maximum Gasteiger partial charge on any atom is 0.273 e. The van der Waals surface area contributed by atoms with Crippen molar-refractivity contribution in [2.45, 2.75) is 19.3 Å². The Morgan fingerprint density at radius 2 is 1.69 bits per heavy atom. The van der Waals surface area contributed by atoms with Crippen LogP contribution in [0.15, 0.2) is 48.5 Å². The fourth-order valence-electron chi connectivity index (χ4n) is 3.02. The number of hydrogen-bond donors (Lipinski definition) is 1. The van der Waals surface area contributed by atoms with Gasteiger partial charge < -0.3 is 10.2 Å². The lowest BCUT2D eigenvalue weighted by Crippen LogP contribution is -2.27. The van der Waals surface area contributed by atoms with E-state index in [0.29, 0.717) is 16.8 Å². The average molecular weight is 353 g/mol. The Kier molecular flexibility index (Phi) is 5.26.